The van der Waals surface area contributed by atoms with Crippen LogP contribution in [-0.2, 0) is 14.8 Å². The van der Waals surface area contributed by atoms with Gasteiger partial charge in [-0.05, 0) is 61.1 Å². The quantitative estimate of drug-likeness (QED) is 0.280. The van der Waals surface area contributed by atoms with Crippen molar-refractivity contribution in [2.45, 2.75) is 24.7 Å². The molecule has 216 valence electrons. The van der Waals surface area contributed by atoms with Crippen LogP contribution in [0.25, 0.3) is 22.4 Å². The highest BCUT2D eigenvalue weighted by Gasteiger charge is 2.34. The first-order valence-corrected chi connectivity index (χ1v) is 15.9. The van der Waals surface area contributed by atoms with Crippen LogP contribution in [0.15, 0.2) is 95.9 Å². The van der Waals surface area contributed by atoms with Gasteiger partial charge >= 0.3 is 0 Å². The number of rotatable bonds is 9. The van der Waals surface area contributed by atoms with Crippen molar-refractivity contribution in [3.8, 4) is 22.4 Å². The molecule has 0 N–H and O–H groups in total. The molecule has 1 saturated heterocycles. The molecular formula is C33H35N5O3S. The number of hydrogen-bond donors (Lipinski definition) is 0. The molecule has 0 unspecified atom stereocenters. The Morgan fingerprint density at radius 2 is 1.43 bits per heavy atom. The third-order valence-corrected chi connectivity index (χ3v) is 9.85. The minimum absolute atomic E-state index is 0.135. The molecule has 1 amide bonds. The maximum absolute atomic E-state index is 13.4. The maximum Gasteiger partial charge on any atom is 0.243 e. The van der Waals surface area contributed by atoms with Gasteiger partial charge in [-0.3, -0.25) is 4.79 Å². The number of carbonyl (C=O) groups excluding carboxylic acids is 1. The predicted molar refractivity (Wildman–Crippen MR) is 164 cm³/mol. The zero-order valence-electron chi connectivity index (χ0n) is 23.8. The molecule has 6 rings (SSSR count). The first-order valence-electron chi connectivity index (χ1n) is 14.5. The molecule has 4 aromatic rings. The van der Waals surface area contributed by atoms with E-state index in [2.05, 4.69) is 51.5 Å². The van der Waals surface area contributed by atoms with E-state index in [1.807, 2.05) is 37.3 Å². The van der Waals surface area contributed by atoms with E-state index in [0.29, 0.717) is 38.6 Å². The number of piperazine rings is 1. The van der Waals surface area contributed by atoms with E-state index >= 15 is 0 Å². The molecule has 0 spiro atoms. The van der Waals surface area contributed by atoms with Gasteiger partial charge < -0.3 is 9.80 Å². The van der Waals surface area contributed by atoms with Gasteiger partial charge in [-0.15, -0.1) is 10.2 Å². The molecule has 1 aliphatic carbocycles. The van der Waals surface area contributed by atoms with Crippen LogP contribution in [0.2, 0.25) is 0 Å². The lowest BCUT2D eigenvalue weighted by Crippen LogP contribution is -2.52. The summed E-state index contributed by atoms with van der Waals surface area (Å²) in [4.78, 5) is 17.4. The van der Waals surface area contributed by atoms with Crippen LogP contribution in [0.1, 0.15) is 18.4 Å². The zero-order chi connectivity index (χ0) is 29.1. The summed E-state index contributed by atoms with van der Waals surface area (Å²) < 4.78 is 28.2. The van der Waals surface area contributed by atoms with Gasteiger partial charge in [0, 0.05) is 38.3 Å². The summed E-state index contributed by atoms with van der Waals surface area (Å²) in [5, 5.41) is 8.94. The molecule has 42 heavy (non-hydrogen) atoms. The van der Waals surface area contributed by atoms with Crippen molar-refractivity contribution in [3.05, 3.63) is 96.6 Å². The van der Waals surface area contributed by atoms with Gasteiger partial charge in [0.15, 0.2) is 5.82 Å². The van der Waals surface area contributed by atoms with Crippen LogP contribution in [-0.4, -0.2) is 73.0 Å². The highest BCUT2D eigenvalue weighted by molar-refractivity contribution is 7.89. The lowest BCUT2D eigenvalue weighted by Gasteiger charge is -2.36. The average molecular weight is 582 g/mol. The van der Waals surface area contributed by atoms with E-state index in [1.165, 1.54) is 9.87 Å². The smallest absolute Gasteiger partial charge is 0.243 e. The fourth-order valence-corrected chi connectivity index (χ4v) is 6.71. The van der Waals surface area contributed by atoms with Crippen molar-refractivity contribution < 1.29 is 13.2 Å². The number of aromatic nitrogens is 2. The van der Waals surface area contributed by atoms with Crippen LogP contribution in [0.5, 0.6) is 0 Å². The molecule has 2 fully saturated rings. The van der Waals surface area contributed by atoms with Crippen LogP contribution in [0.4, 0.5) is 5.82 Å². The molecule has 1 saturated carbocycles. The first kappa shape index (κ1) is 28.1. The van der Waals surface area contributed by atoms with Crippen LogP contribution in [0, 0.1) is 12.8 Å². The van der Waals surface area contributed by atoms with Gasteiger partial charge in [-0.2, -0.15) is 4.31 Å². The summed E-state index contributed by atoms with van der Waals surface area (Å²) in [7, 11) is -3.75. The fraction of sp³-hybridized carbons (Fsp3) is 0.303. The van der Waals surface area contributed by atoms with Gasteiger partial charge in [0.2, 0.25) is 15.9 Å². The van der Waals surface area contributed by atoms with Crippen molar-refractivity contribution in [2.75, 3.05) is 44.2 Å². The molecule has 3 aromatic carbocycles. The predicted octanol–water partition coefficient (Wildman–Crippen LogP) is 4.87. The number of benzene rings is 3. The van der Waals surface area contributed by atoms with Gasteiger partial charge in [-0.1, -0.05) is 72.3 Å². The summed E-state index contributed by atoms with van der Waals surface area (Å²) in [6, 6.07) is 29.3. The number of amides is 1. The number of nitrogens with zero attached hydrogens (tertiary/aromatic N) is 5. The number of hydrogen-bond acceptors (Lipinski definition) is 6. The molecule has 8 nitrogen and oxygen atoms in total. The minimum atomic E-state index is -3.75. The molecule has 2 aliphatic rings. The zero-order valence-corrected chi connectivity index (χ0v) is 24.6. The lowest BCUT2D eigenvalue weighted by molar-refractivity contribution is -0.131. The Labute approximate surface area is 247 Å². The molecule has 1 aromatic heterocycles. The number of sulfonamides is 1. The molecule has 9 heteroatoms. The highest BCUT2D eigenvalue weighted by Crippen LogP contribution is 2.32. The van der Waals surface area contributed by atoms with Gasteiger partial charge in [-0.25, -0.2) is 8.42 Å². The van der Waals surface area contributed by atoms with Gasteiger partial charge in [0.25, 0.3) is 0 Å². The molecular weight excluding hydrogens is 546 g/mol. The summed E-state index contributed by atoms with van der Waals surface area (Å²) in [5.41, 5.74) is 5.12. The van der Waals surface area contributed by atoms with Crippen LogP contribution >= 0.6 is 0 Å². The third kappa shape index (κ3) is 6.37. The standard InChI is InChI=1S/C33H35N5O3S/c1-25-7-15-30(16-8-25)42(40,41)38(23-26-9-10-26)24-33(39)37-21-19-36(20-22-37)32-18-17-31(34-35-32)29-13-11-28(12-14-29)27-5-3-2-4-6-27/h2-8,11-18,26H,9-10,19-24H2,1H3. The molecule has 0 atom stereocenters. The van der Waals surface area contributed by atoms with Gasteiger partial charge in [0.1, 0.15) is 0 Å². The number of carbonyl (C=O) groups is 1. The highest BCUT2D eigenvalue weighted by atomic mass is 32.2. The Hall–Kier alpha value is -4.08. The van der Waals surface area contributed by atoms with E-state index in [-0.39, 0.29) is 17.3 Å². The van der Waals surface area contributed by atoms with E-state index < -0.39 is 10.0 Å². The van der Waals surface area contributed by atoms with E-state index in [4.69, 9.17) is 0 Å². The van der Waals surface area contributed by atoms with E-state index in [9.17, 15) is 13.2 Å². The van der Waals surface area contributed by atoms with E-state index in [1.54, 1.807) is 29.2 Å². The largest absolute Gasteiger partial charge is 0.352 e. The monoisotopic (exact) mass is 581 g/mol. The van der Waals surface area contributed by atoms with Crippen LogP contribution < -0.4 is 4.90 Å². The third-order valence-electron chi connectivity index (χ3n) is 8.02. The Balaban J connectivity index is 1.06. The summed E-state index contributed by atoms with van der Waals surface area (Å²) >= 11 is 0. The lowest BCUT2D eigenvalue weighted by atomic mass is 10.0. The van der Waals surface area contributed by atoms with Crippen LogP contribution in [0.3, 0.4) is 0 Å². The van der Waals surface area contributed by atoms with Crippen molar-refractivity contribution >= 4 is 21.7 Å². The minimum Gasteiger partial charge on any atom is -0.352 e. The average Bonchev–Trinajstić information content (AvgIpc) is 3.86. The van der Waals surface area contributed by atoms with E-state index in [0.717, 1.165) is 41.0 Å². The maximum atomic E-state index is 13.4. The number of anilines is 1. The van der Waals surface area contributed by atoms with Crippen molar-refractivity contribution in [2.24, 2.45) is 5.92 Å². The van der Waals surface area contributed by atoms with Crippen molar-refractivity contribution in [3.63, 3.8) is 0 Å². The Bertz CT molecular complexity index is 1610. The Morgan fingerprint density at radius 3 is 2.05 bits per heavy atom. The van der Waals surface area contributed by atoms with Crippen molar-refractivity contribution in [1.29, 1.82) is 0 Å². The molecule has 0 radical (unpaired) electrons. The summed E-state index contributed by atoms with van der Waals surface area (Å²) in [6.07, 6.45) is 2.01. The van der Waals surface area contributed by atoms with Gasteiger partial charge in [0.05, 0.1) is 17.1 Å². The Morgan fingerprint density at radius 1 is 0.786 bits per heavy atom. The van der Waals surface area contributed by atoms with Crippen molar-refractivity contribution in [1.82, 2.24) is 19.4 Å². The molecule has 2 heterocycles. The normalized spacial score (nSPS) is 15.7. The second kappa shape index (κ2) is 12.0. The summed E-state index contributed by atoms with van der Waals surface area (Å²) in [6.45, 7) is 4.41. The second-order valence-electron chi connectivity index (χ2n) is 11.1. The number of aryl methyl sites for hydroxylation is 1. The fourth-order valence-electron chi connectivity index (χ4n) is 5.24. The summed E-state index contributed by atoms with van der Waals surface area (Å²) in [5.74, 6) is 0.939. The topological polar surface area (TPSA) is 86.7 Å². The second-order valence-corrected chi connectivity index (χ2v) is 13.1. The molecule has 0 bridgehead atoms. The SMILES string of the molecule is Cc1ccc(S(=O)(=O)N(CC(=O)N2CCN(c3ccc(-c4ccc(-c5ccccc5)cc4)nn3)CC2)CC2CC2)cc1. The molecule has 1 aliphatic heterocycles. The Kier molecular flexibility index (Phi) is 8.04. The first-order chi connectivity index (χ1) is 20.4.